The zero-order valence-corrected chi connectivity index (χ0v) is 15.2. The van der Waals surface area contributed by atoms with Gasteiger partial charge in [-0.05, 0) is 12.8 Å². The van der Waals surface area contributed by atoms with Crippen LogP contribution >= 0.6 is 0 Å². The van der Waals surface area contributed by atoms with Gasteiger partial charge in [0.05, 0.1) is 0 Å². The van der Waals surface area contributed by atoms with Crippen molar-refractivity contribution in [2.24, 2.45) is 0 Å². The first-order valence-electron chi connectivity index (χ1n) is 8.69. The minimum atomic E-state index is -4.67. The van der Waals surface area contributed by atoms with Crippen molar-refractivity contribution >= 4 is 10.4 Å². The minimum absolute atomic E-state index is 0.987. The van der Waals surface area contributed by atoms with Crippen LogP contribution in [0.3, 0.4) is 0 Å². The SMILES string of the molecule is CCCCCCCCOCCCCCCCC.O=S(=O)(O)O. The second-order valence-corrected chi connectivity index (χ2v) is 6.49. The van der Waals surface area contributed by atoms with Crippen LogP contribution in [-0.4, -0.2) is 30.7 Å². The fourth-order valence-electron chi connectivity index (χ4n) is 2.07. The van der Waals surface area contributed by atoms with Crippen LogP contribution in [0.5, 0.6) is 0 Å². The van der Waals surface area contributed by atoms with Crippen molar-refractivity contribution in [2.75, 3.05) is 13.2 Å². The predicted octanol–water partition coefficient (Wildman–Crippen LogP) is 5.07. The topological polar surface area (TPSA) is 83.8 Å². The van der Waals surface area contributed by atoms with E-state index < -0.39 is 10.4 Å². The molecule has 0 amide bonds. The molecule has 0 aliphatic carbocycles. The van der Waals surface area contributed by atoms with Gasteiger partial charge in [-0.25, -0.2) is 0 Å². The molecule has 0 aromatic carbocycles. The summed E-state index contributed by atoms with van der Waals surface area (Å²) in [6.45, 7) is 6.51. The molecular weight excluding hydrogens is 304 g/mol. The number of rotatable bonds is 14. The quantitative estimate of drug-likeness (QED) is 0.340. The van der Waals surface area contributed by atoms with Crippen molar-refractivity contribution in [3.63, 3.8) is 0 Å². The molecule has 0 unspecified atom stereocenters. The predicted molar refractivity (Wildman–Crippen MR) is 91.7 cm³/mol. The molecule has 0 saturated carbocycles. The second kappa shape index (κ2) is 18.9. The summed E-state index contributed by atoms with van der Waals surface area (Å²) in [5.74, 6) is 0. The monoisotopic (exact) mass is 340 g/mol. The van der Waals surface area contributed by atoms with Gasteiger partial charge in [0.25, 0.3) is 0 Å². The van der Waals surface area contributed by atoms with Crippen LogP contribution in [0.2, 0.25) is 0 Å². The van der Waals surface area contributed by atoms with E-state index in [4.69, 9.17) is 22.3 Å². The maximum absolute atomic E-state index is 8.74. The van der Waals surface area contributed by atoms with E-state index in [-0.39, 0.29) is 0 Å². The summed E-state index contributed by atoms with van der Waals surface area (Å²) in [5, 5.41) is 0. The van der Waals surface area contributed by atoms with Gasteiger partial charge in [0.2, 0.25) is 0 Å². The molecule has 22 heavy (non-hydrogen) atoms. The molecule has 0 fully saturated rings. The largest absolute Gasteiger partial charge is 0.394 e. The smallest absolute Gasteiger partial charge is 0.381 e. The molecular formula is C16H36O5S. The number of ether oxygens (including phenoxy) is 1. The van der Waals surface area contributed by atoms with Crippen LogP contribution in [0, 0.1) is 0 Å². The van der Waals surface area contributed by atoms with E-state index >= 15 is 0 Å². The lowest BCUT2D eigenvalue weighted by atomic mass is 10.1. The summed E-state index contributed by atoms with van der Waals surface area (Å²) in [5.41, 5.74) is 0. The molecule has 2 N–H and O–H groups in total. The van der Waals surface area contributed by atoms with Crippen molar-refractivity contribution in [3.8, 4) is 0 Å². The van der Waals surface area contributed by atoms with E-state index in [9.17, 15) is 0 Å². The number of unbranched alkanes of at least 4 members (excludes halogenated alkanes) is 10. The molecule has 0 bridgehead atoms. The van der Waals surface area contributed by atoms with E-state index in [1.165, 1.54) is 77.0 Å². The highest BCUT2D eigenvalue weighted by atomic mass is 32.3. The molecule has 0 atom stereocenters. The molecule has 0 heterocycles. The Morgan fingerprint density at radius 2 is 0.909 bits per heavy atom. The van der Waals surface area contributed by atoms with E-state index in [2.05, 4.69) is 13.8 Å². The molecule has 0 rings (SSSR count). The molecule has 0 aliphatic heterocycles. The highest BCUT2D eigenvalue weighted by Crippen LogP contribution is 2.06. The van der Waals surface area contributed by atoms with Crippen LogP contribution in [0.1, 0.15) is 90.9 Å². The van der Waals surface area contributed by atoms with E-state index in [0.717, 1.165) is 13.2 Å². The molecule has 136 valence electrons. The third kappa shape index (κ3) is 36.8. The second-order valence-electron chi connectivity index (χ2n) is 5.60. The van der Waals surface area contributed by atoms with Gasteiger partial charge in [0, 0.05) is 13.2 Å². The molecule has 0 saturated heterocycles. The zero-order valence-electron chi connectivity index (χ0n) is 14.4. The molecule has 6 heteroatoms. The van der Waals surface area contributed by atoms with E-state index in [1.54, 1.807) is 0 Å². The Balaban J connectivity index is 0. The lowest BCUT2D eigenvalue weighted by Crippen LogP contribution is -1.97. The summed E-state index contributed by atoms with van der Waals surface area (Å²) in [4.78, 5) is 0. The molecule has 5 nitrogen and oxygen atoms in total. The average molecular weight is 341 g/mol. The number of hydrogen-bond donors (Lipinski definition) is 2. The van der Waals surface area contributed by atoms with Gasteiger partial charge in [-0.2, -0.15) is 8.42 Å². The molecule has 0 aromatic rings. The van der Waals surface area contributed by atoms with Crippen molar-refractivity contribution in [1.29, 1.82) is 0 Å². The third-order valence-electron chi connectivity index (χ3n) is 3.28. The summed E-state index contributed by atoms with van der Waals surface area (Å²) in [6.07, 6.45) is 16.3. The third-order valence-corrected chi connectivity index (χ3v) is 3.28. The molecule has 0 aliphatic rings. The Morgan fingerprint density at radius 1 is 0.636 bits per heavy atom. The van der Waals surface area contributed by atoms with Gasteiger partial charge < -0.3 is 4.74 Å². The fraction of sp³-hybridized carbons (Fsp3) is 1.00. The van der Waals surface area contributed by atoms with Gasteiger partial charge >= 0.3 is 10.4 Å². The van der Waals surface area contributed by atoms with Crippen molar-refractivity contribution in [2.45, 2.75) is 90.9 Å². The Morgan fingerprint density at radius 3 is 1.23 bits per heavy atom. The van der Waals surface area contributed by atoms with Gasteiger partial charge in [-0.3, -0.25) is 9.11 Å². The van der Waals surface area contributed by atoms with Crippen LogP contribution in [-0.2, 0) is 15.1 Å². The van der Waals surface area contributed by atoms with Crippen LogP contribution < -0.4 is 0 Å². The lowest BCUT2D eigenvalue weighted by molar-refractivity contribution is 0.125. The van der Waals surface area contributed by atoms with Gasteiger partial charge in [0.1, 0.15) is 0 Å². The summed E-state index contributed by atoms with van der Waals surface area (Å²) < 4.78 is 37.2. The maximum Gasteiger partial charge on any atom is 0.394 e. The summed E-state index contributed by atoms with van der Waals surface area (Å²) in [7, 11) is -4.67. The summed E-state index contributed by atoms with van der Waals surface area (Å²) in [6, 6.07) is 0. The van der Waals surface area contributed by atoms with Crippen molar-refractivity contribution in [3.05, 3.63) is 0 Å². The zero-order chi connectivity index (χ0) is 17.1. The average Bonchev–Trinajstić information content (AvgIpc) is 2.42. The normalized spacial score (nSPS) is 11.1. The molecule has 0 aromatic heterocycles. The highest BCUT2D eigenvalue weighted by Gasteiger charge is 1.92. The van der Waals surface area contributed by atoms with E-state index in [0.29, 0.717) is 0 Å². The number of hydrogen-bond acceptors (Lipinski definition) is 3. The maximum atomic E-state index is 8.74. The Labute approximate surface area is 137 Å². The first-order valence-corrected chi connectivity index (χ1v) is 10.1. The van der Waals surface area contributed by atoms with Crippen molar-refractivity contribution < 1.29 is 22.3 Å². The Bertz CT molecular complexity index is 269. The van der Waals surface area contributed by atoms with Gasteiger partial charge in [0.15, 0.2) is 0 Å². The van der Waals surface area contributed by atoms with Gasteiger partial charge in [-0.15, -0.1) is 0 Å². The van der Waals surface area contributed by atoms with Crippen LogP contribution in [0.4, 0.5) is 0 Å². The van der Waals surface area contributed by atoms with Crippen LogP contribution in [0.15, 0.2) is 0 Å². The van der Waals surface area contributed by atoms with Crippen LogP contribution in [0.25, 0.3) is 0 Å². The lowest BCUT2D eigenvalue weighted by Gasteiger charge is -2.04. The van der Waals surface area contributed by atoms with Gasteiger partial charge in [-0.1, -0.05) is 78.1 Å². The molecule has 0 spiro atoms. The van der Waals surface area contributed by atoms with Crippen molar-refractivity contribution in [1.82, 2.24) is 0 Å². The fourth-order valence-corrected chi connectivity index (χ4v) is 2.07. The van der Waals surface area contributed by atoms with E-state index in [1.807, 2.05) is 0 Å². The highest BCUT2D eigenvalue weighted by molar-refractivity contribution is 7.79. The Kier molecular flexibility index (Phi) is 20.7. The Hall–Kier alpha value is -0.170. The molecule has 0 radical (unpaired) electrons. The first-order chi connectivity index (χ1) is 10.4. The minimum Gasteiger partial charge on any atom is -0.381 e. The standard InChI is InChI=1S/C16H34O.H2O4S/c1-3-5-7-9-11-13-15-17-16-14-12-10-8-6-4-2;1-5(2,3)4/h3-16H2,1-2H3;(H2,1,2,3,4). The first kappa shape index (κ1) is 24.1. The summed E-state index contributed by atoms with van der Waals surface area (Å²) >= 11 is 0.